The van der Waals surface area contributed by atoms with Crippen LogP contribution in [0.2, 0.25) is 0 Å². The fourth-order valence-corrected chi connectivity index (χ4v) is 3.78. The average Bonchev–Trinajstić information content (AvgIpc) is 2.57. The van der Waals surface area contributed by atoms with E-state index in [1.165, 1.54) is 11.4 Å². The molecule has 0 aliphatic heterocycles. The van der Waals surface area contributed by atoms with Crippen molar-refractivity contribution in [2.24, 2.45) is 0 Å². The normalized spacial score (nSPS) is 11.1. The Morgan fingerprint density at radius 1 is 1.15 bits per heavy atom. The number of methoxy groups -OCH3 is 1. The van der Waals surface area contributed by atoms with Crippen LogP contribution in [0.15, 0.2) is 36.4 Å². The van der Waals surface area contributed by atoms with Crippen LogP contribution in [-0.4, -0.2) is 34.2 Å². The van der Waals surface area contributed by atoms with Crippen molar-refractivity contribution in [1.82, 2.24) is 0 Å². The van der Waals surface area contributed by atoms with Crippen molar-refractivity contribution >= 4 is 27.3 Å². The van der Waals surface area contributed by atoms with Gasteiger partial charge in [-0.15, -0.1) is 0 Å². The largest absolute Gasteiger partial charge is 0.495 e. The summed E-state index contributed by atoms with van der Waals surface area (Å²) >= 11 is 0. The number of amides is 1. The summed E-state index contributed by atoms with van der Waals surface area (Å²) in [7, 11) is -1.98. The highest BCUT2D eigenvalue weighted by Crippen LogP contribution is 2.27. The van der Waals surface area contributed by atoms with E-state index in [0.29, 0.717) is 17.1 Å². The fourth-order valence-electron chi connectivity index (χ4n) is 2.81. The molecule has 0 spiro atoms. The molecule has 6 nitrogen and oxygen atoms in total. The van der Waals surface area contributed by atoms with Gasteiger partial charge in [0.25, 0.3) is 0 Å². The molecule has 0 saturated heterocycles. The van der Waals surface area contributed by atoms with Gasteiger partial charge in [0.1, 0.15) is 5.75 Å². The number of hydrogen-bond acceptors (Lipinski definition) is 4. The predicted molar refractivity (Wildman–Crippen MR) is 109 cm³/mol. The standard InChI is InChI=1S/C20H26N2O4S/c1-14-9-10-19(26-4)17(13-14)21-20(23)11-12-22(27(5,24)25)18-8-6-7-15(2)16(18)3/h6-10,13H,11-12H2,1-5H3,(H,21,23). The maximum atomic E-state index is 12.4. The Bertz CT molecular complexity index is 939. The monoisotopic (exact) mass is 390 g/mol. The summed E-state index contributed by atoms with van der Waals surface area (Å²) in [6.07, 6.45) is 1.17. The summed E-state index contributed by atoms with van der Waals surface area (Å²) in [5.41, 5.74) is 4.02. The molecule has 0 saturated carbocycles. The smallest absolute Gasteiger partial charge is 0.232 e. The number of nitrogens with zero attached hydrogens (tertiary/aromatic N) is 1. The Morgan fingerprint density at radius 3 is 2.48 bits per heavy atom. The molecule has 0 heterocycles. The van der Waals surface area contributed by atoms with E-state index in [-0.39, 0.29) is 18.9 Å². The van der Waals surface area contributed by atoms with Gasteiger partial charge in [-0.3, -0.25) is 9.10 Å². The van der Waals surface area contributed by atoms with Crippen LogP contribution < -0.4 is 14.4 Å². The molecule has 0 bridgehead atoms. The number of rotatable bonds is 7. The number of ether oxygens (including phenoxy) is 1. The zero-order chi connectivity index (χ0) is 20.2. The summed E-state index contributed by atoms with van der Waals surface area (Å²) < 4.78 is 31.1. The van der Waals surface area contributed by atoms with E-state index >= 15 is 0 Å². The molecule has 0 aliphatic carbocycles. The van der Waals surface area contributed by atoms with Gasteiger partial charge in [-0.2, -0.15) is 0 Å². The van der Waals surface area contributed by atoms with Crippen molar-refractivity contribution in [2.45, 2.75) is 27.2 Å². The van der Waals surface area contributed by atoms with Crippen molar-refractivity contribution in [3.63, 3.8) is 0 Å². The van der Waals surface area contributed by atoms with E-state index in [4.69, 9.17) is 4.74 Å². The predicted octanol–water partition coefficient (Wildman–Crippen LogP) is 3.42. The number of carbonyl (C=O) groups is 1. The number of anilines is 2. The van der Waals surface area contributed by atoms with E-state index in [9.17, 15) is 13.2 Å². The first-order valence-corrected chi connectivity index (χ1v) is 10.5. The lowest BCUT2D eigenvalue weighted by atomic mass is 10.1. The van der Waals surface area contributed by atoms with Crippen LogP contribution in [0.3, 0.4) is 0 Å². The maximum absolute atomic E-state index is 12.4. The Balaban J connectivity index is 2.17. The van der Waals surface area contributed by atoms with E-state index in [0.717, 1.165) is 22.9 Å². The second-order valence-corrected chi connectivity index (χ2v) is 8.46. The molecule has 1 N–H and O–H groups in total. The minimum atomic E-state index is -3.52. The molecule has 27 heavy (non-hydrogen) atoms. The molecule has 2 aromatic rings. The molecule has 0 atom stereocenters. The third-order valence-corrected chi connectivity index (χ3v) is 5.60. The second-order valence-electron chi connectivity index (χ2n) is 6.56. The number of aryl methyl sites for hydroxylation is 2. The molecule has 0 aromatic heterocycles. The minimum Gasteiger partial charge on any atom is -0.495 e. The van der Waals surface area contributed by atoms with E-state index in [2.05, 4.69) is 5.32 Å². The van der Waals surface area contributed by atoms with Crippen LogP contribution >= 0.6 is 0 Å². The molecule has 2 rings (SSSR count). The van der Waals surface area contributed by atoms with Gasteiger partial charge >= 0.3 is 0 Å². The number of carbonyl (C=O) groups excluding carboxylic acids is 1. The van der Waals surface area contributed by atoms with Crippen LogP contribution in [0, 0.1) is 20.8 Å². The highest BCUT2D eigenvalue weighted by atomic mass is 32.2. The first kappa shape index (κ1) is 20.8. The Labute approximate surface area is 161 Å². The molecule has 0 unspecified atom stereocenters. The van der Waals surface area contributed by atoms with Crippen molar-refractivity contribution in [3.05, 3.63) is 53.1 Å². The van der Waals surface area contributed by atoms with Crippen LogP contribution in [0.5, 0.6) is 5.75 Å². The van der Waals surface area contributed by atoms with Gasteiger partial charge in [0.15, 0.2) is 0 Å². The second kappa shape index (κ2) is 8.43. The van der Waals surface area contributed by atoms with Crippen molar-refractivity contribution in [3.8, 4) is 5.75 Å². The van der Waals surface area contributed by atoms with Crippen molar-refractivity contribution < 1.29 is 17.9 Å². The molecule has 0 aliphatic rings. The molecule has 0 radical (unpaired) electrons. The van der Waals surface area contributed by atoms with Crippen molar-refractivity contribution in [2.75, 3.05) is 29.5 Å². The molecule has 1 amide bonds. The zero-order valence-corrected chi connectivity index (χ0v) is 17.2. The molecular formula is C20H26N2O4S. The van der Waals surface area contributed by atoms with E-state index in [1.807, 2.05) is 45.0 Å². The lowest BCUT2D eigenvalue weighted by molar-refractivity contribution is -0.116. The summed E-state index contributed by atoms with van der Waals surface area (Å²) in [5, 5.41) is 2.80. The lowest BCUT2D eigenvalue weighted by Crippen LogP contribution is -2.33. The van der Waals surface area contributed by atoms with Gasteiger partial charge < -0.3 is 10.1 Å². The Morgan fingerprint density at radius 2 is 1.85 bits per heavy atom. The van der Waals surface area contributed by atoms with Crippen LogP contribution in [0.1, 0.15) is 23.1 Å². The molecule has 146 valence electrons. The van der Waals surface area contributed by atoms with E-state index in [1.54, 1.807) is 12.1 Å². The van der Waals surface area contributed by atoms with Gasteiger partial charge in [-0.05, 0) is 55.7 Å². The summed E-state index contributed by atoms with van der Waals surface area (Å²) in [6.45, 7) is 5.78. The molecule has 2 aromatic carbocycles. The summed E-state index contributed by atoms with van der Waals surface area (Å²) in [6, 6.07) is 11.0. The Hall–Kier alpha value is -2.54. The third kappa shape index (κ3) is 5.23. The van der Waals surface area contributed by atoms with Gasteiger partial charge in [0.05, 0.1) is 24.7 Å². The minimum absolute atomic E-state index is 0.0253. The molecule has 7 heteroatoms. The quantitative estimate of drug-likeness (QED) is 0.786. The summed E-state index contributed by atoms with van der Waals surface area (Å²) in [4.78, 5) is 12.4. The van der Waals surface area contributed by atoms with Crippen LogP contribution in [-0.2, 0) is 14.8 Å². The SMILES string of the molecule is COc1ccc(C)cc1NC(=O)CCN(c1cccc(C)c1C)S(C)(=O)=O. The first-order valence-electron chi connectivity index (χ1n) is 8.62. The van der Waals surface area contributed by atoms with Crippen molar-refractivity contribution in [1.29, 1.82) is 0 Å². The number of nitrogens with one attached hydrogen (secondary N) is 1. The van der Waals surface area contributed by atoms with E-state index < -0.39 is 10.0 Å². The van der Waals surface area contributed by atoms with Gasteiger partial charge in [-0.25, -0.2) is 8.42 Å². The average molecular weight is 391 g/mol. The maximum Gasteiger partial charge on any atom is 0.232 e. The number of sulfonamides is 1. The Kier molecular flexibility index (Phi) is 6.49. The van der Waals surface area contributed by atoms with Gasteiger partial charge in [0, 0.05) is 13.0 Å². The highest BCUT2D eigenvalue weighted by molar-refractivity contribution is 7.92. The molecule has 0 fully saturated rings. The van der Waals surface area contributed by atoms with Gasteiger partial charge in [-0.1, -0.05) is 18.2 Å². The zero-order valence-electron chi connectivity index (χ0n) is 16.4. The number of hydrogen-bond donors (Lipinski definition) is 1. The third-order valence-electron chi connectivity index (χ3n) is 4.42. The molecular weight excluding hydrogens is 364 g/mol. The van der Waals surface area contributed by atoms with Crippen LogP contribution in [0.4, 0.5) is 11.4 Å². The number of benzene rings is 2. The topological polar surface area (TPSA) is 75.7 Å². The highest BCUT2D eigenvalue weighted by Gasteiger charge is 2.21. The van der Waals surface area contributed by atoms with Gasteiger partial charge in [0.2, 0.25) is 15.9 Å². The first-order chi connectivity index (χ1) is 12.6. The lowest BCUT2D eigenvalue weighted by Gasteiger charge is -2.24. The fraction of sp³-hybridized carbons (Fsp3) is 0.350. The van der Waals surface area contributed by atoms with Crippen LogP contribution in [0.25, 0.3) is 0 Å². The summed E-state index contributed by atoms with van der Waals surface area (Å²) in [5.74, 6) is 0.279.